The average molecular weight is 225 g/mol. The van der Waals surface area contributed by atoms with Gasteiger partial charge in [0.25, 0.3) is 0 Å². The molecule has 90 valence electrons. The molecule has 0 bridgehead atoms. The highest BCUT2D eigenvalue weighted by atomic mass is 16.2. The number of fused-ring (bicyclic) bond motifs is 1. The standard InChI is InChI=1S/C11H19N3O2/c1-8(12)6-13-7-10(15)14-5-3-2-4-9(14)11(13)16/h8-9H,2-7,12H2,1H3. The summed E-state index contributed by atoms with van der Waals surface area (Å²) in [7, 11) is 0. The second kappa shape index (κ2) is 4.41. The molecule has 0 aromatic carbocycles. The first-order valence-corrected chi connectivity index (χ1v) is 5.93. The summed E-state index contributed by atoms with van der Waals surface area (Å²) < 4.78 is 0. The Kier molecular flexibility index (Phi) is 3.14. The van der Waals surface area contributed by atoms with Gasteiger partial charge in [-0.05, 0) is 26.2 Å². The first-order chi connectivity index (χ1) is 7.59. The van der Waals surface area contributed by atoms with E-state index in [4.69, 9.17) is 5.73 Å². The van der Waals surface area contributed by atoms with Crippen molar-refractivity contribution in [2.75, 3.05) is 19.6 Å². The van der Waals surface area contributed by atoms with Gasteiger partial charge >= 0.3 is 0 Å². The van der Waals surface area contributed by atoms with Gasteiger partial charge in [0.1, 0.15) is 6.04 Å². The van der Waals surface area contributed by atoms with Crippen molar-refractivity contribution in [3.8, 4) is 0 Å². The van der Waals surface area contributed by atoms with Crippen molar-refractivity contribution in [3.05, 3.63) is 0 Å². The number of carbonyl (C=O) groups is 2. The molecule has 2 heterocycles. The van der Waals surface area contributed by atoms with Crippen LogP contribution in [0.4, 0.5) is 0 Å². The van der Waals surface area contributed by atoms with Gasteiger partial charge in [-0.2, -0.15) is 0 Å². The number of rotatable bonds is 2. The molecule has 5 nitrogen and oxygen atoms in total. The molecule has 0 radical (unpaired) electrons. The lowest BCUT2D eigenvalue weighted by molar-refractivity contribution is -0.157. The van der Waals surface area contributed by atoms with Crippen molar-refractivity contribution >= 4 is 11.8 Å². The molecule has 2 rings (SSSR count). The fourth-order valence-corrected chi connectivity index (χ4v) is 2.53. The highest BCUT2D eigenvalue weighted by Crippen LogP contribution is 2.22. The van der Waals surface area contributed by atoms with Crippen LogP contribution in [0.15, 0.2) is 0 Å². The van der Waals surface area contributed by atoms with Crippen LogP contribution in [0.25, 0.3) is 0 Å². The number of amides is 2. The third-order valence-corrected chi connectivity index (χ3v) is 3.25. The lowest BCUT2D eigenvalue weighted by atomic mass is 9.98. The van der Waals surface area contributed by atoms with Crippen LogP contribution in [-0.4, -0.2) is 53.3 Å². The van der Waals surface area contributed by atoms with Crippen LogP contribution in [0, 0.1) is 0 Å². The second-order valence-electron chi connectivity index (χ2n) is 4.79. The summed E-state index contributed by atoms with van der Waals surface area (Å²) in [5.41, 5.74) is 5.68. The summed E-state index contributed by atoms with van der Waals surface area (Å²) in [6.45, 7) is 3.28. The maximum absolute atomic E-state index is 12.1. The first kappa shape index (κ1) is 11.4. The molecule has 0 aromatic rings. The third-order valence-electron chi connectivity index (χ3n) is 3.25. The SMILES string of the molecule is CC(N)CN1CC(=O)N2CCCCC2C1=O. The lowest BCUT2D eigenvalue weighted by Crippen LogP contribution is -2.62. The van der Waals surface area contributed by atoms with Crippen LogP contribution in [0.2, 0.25) is 0 Å². The Balaban J connectivity index is 2.10. The summed E-state index contributed by atoms with van der Waals surface area (Å²) in [5.74, 6) is 0.154. The van der Waals surface area contributed by atoms with Crippen molar-refractivity contribution in [1.82, 2.24) is 9.80 Å². The van der Waals surface area contributed by atoms with Gasteiger partial charge in [0.2, 0.25) is 11.8 Å². The Morgan fingerprint density at radius 1 is 1.44 bits per heavy atom. The fourth-order valence-electron chi connectivity index (χ4n) is 2.53. The molecule has 2 saturated heterocycles. The lowest BCUT2D eigenvalue weighted by Gasteiger charge is -2.43. The number of hydrogen-bond donors (Lipinski definition) is 1. The van der Waals surface area contributed by atoms with Crippen molar-refractivity contribution in [2.45, 2.75) is 38.3 Å². The Morgan fingerprint density at radius 2 is 2.19 bits per heavy atom. The van der Waals surface area contributed by atoms with Gasteiger partial charge in [-0.25, -0.2) is 0 Å². The van der Waals surface area contributed by atoms with E-state index in [1.54, 1.807) is 9.80 Å². The van der Waals surface area contributed by atoms with E-state index in [9.17, 15) is 9.59 Å². The molecule has 2 aliphatic rings. The molecule has 2 unspecified atom stereocenters. The number of nitrogens with two attached hydrogens (primary N) is 1. The maximum atomic E-state index is 12.1. The van der Waals surface area contributed by atoms with Gasteiger partial charge in [-0.3, -0.25) is 9.59 Å². The third kappa shape index (κ3) is 2.04. The molecular formula is C11H19N3O2. The van der Waals surface area contributed by atoms with Crippen LogP contribution in [-0.2, 0) is 9.59 Å². The van der Waals surface area contributed by atoms with E-state index in [0.717, 1.165) is 25.8 Å². The summed E-state index contributed by atoms with van der Waals surface area (Å²) in [6.07, 6.45) is 2.86. The summed E-state index contributed by atoms with van der Waals surface area (Å²) in [5, 5.41) is 0. The molecule has 2 aliphatic heterocycles. The Labute approximate surface area is 95.6 Å². The Bertz CT molecular complexity index is 304. The number of hydrogen-bond acceptors (Lipinski definition) is 3. The zero-order chi connectivity index (χ0) is 11.7. The van der Waals surface area contributed by atoms with E-state index in [1.165, 1.54) is 0 Å². The van der Waals surface area contributed by atoms with Gasteiger partial charge in [0.05, 0.1) is 6.54 Å². The number of carbonyl (C=O) groups excluding carboxylic acids is 2. The minimum absolute atomic E-state index is 0.0740. The fraction of sp³-hybridized carbons (Fsp3) is 0.818. The van der Waals surface area contributed by atoms with Gasteiger partial charge in [-0.15, -0.1) is 0 Å². The maximum Gasteiger partial charge on any atom is 0.245 e. The normalized spacial score (nSPS) is 28.0. The van der Waals surface area contributed by atoms with Crippen molar-refractivity contribution in [3.63, 3.8) is 0 Å². The molecule has 0 saturated carbocycles. The molecule has 0 aliphatic carbocycles. The van der Waals surface area contributed by atoms with Gasteiger partial charge in [0.15, 0.2) is 0 Å². The van der Waals surface area contributed by atoms with Crippen LogP contribution in [0.1, 0.15) is 26.2 Å². The highest BCUT2D eigenvalue weighted by Gasteiger charge is 2.40. The van der Waals surface area contributed by atoms with E-state index < -0.39 is 0 Å². The number of piperazine rings is 1. The molecule has 2 amide bonds. The number of piperidine rings is 1. The van der Waals surface area contributed by atoms with Crippen LogP contribution in [0.5, 0.6) is 0 Å². The molecule has 2 N–H and O–H groups in total. The van der Waals surface area contributed by atoms with E-state index in [2.05, 4.69) is 0 Å². The molecule has 16 heavy (non-hydrogen) atoms. The van der Waals surface area contributed by atoms with Crippen molar-refractivity contribution in [1.29, 1.82) is 0 Å². The van der Waals surface area contributed by atoms with Gasteiger partial charge in [0, 0.05) is 19.1 Å². The second-order valence-corrected chi connectivity index (χ2v) is 4.79. The molecule has 2 fully saturated rings. The Morgan fingerprint density at radius 3 is 2.88 bits per heavy atom. The van der Waals surface area contributed by atoms with Crippen LogP contribution >= 0.6 is 0 Å². The molecule has 5 heteroatoms. The predicted octanol–water partition coefficient (Wildman–Crippen LogP) is -0.443. The molecule has 0 spiro atoms. The quantitative estimate of drug-likeness (QED) is 0.692. The van der Waals surface area contributed by atoms with Gasteiger partial charge in [-0.1, -0.05) is 0 Å². The van der Waals surface area contributed by atoms with Crippen molar-refractivity contribution in [2.24, 2.45) is 5.73 Å². The monoisotopic (exact) mass is 225 g/mol. The summed E-state index contributed by atoms with van der Waals surface area (Å²) in [4.78, 5) is 27.3. The largest absolute Gasteiger partial charge is 0.330 e. The Hall–Kier alpha value is -1.10. The minimum Gasteiger partial charge on any atom is -0.330 e. The van der Waals surface area contributed by atoms with Gasteiger partial charge < -0.3 is 15.5 Å². The molecular weight excluding hydrogens is 206 g/mol. The van der Waals surface area contributed by atoms with E-state index in [-0.39, 0.29) is 30.4 Å². The number of nitrogens with zero attached hydrogens (tertiary/aromatic N) is 2. The zero-order valence-corrected chi connectivity index (χ0v) is 9.69. The van der Waals surface area contributed by atoms with E-state index in [1.807, 2.05) is 6.92 Å². The van der Waals surface area contributed by atoms with E-state index >= 15 is 0 Å². The summed E-state index contributed by atoms with van der Waals surface area (Å²) in [6, 6.07) is -0.291. The molecule has 0 aromatic heterocycles. The minimum atomic E-state index is -0.214. The predicted molar refractivity (Wildman–Crippen MR) is 59.6 cm³/mol. The zero-order valence-electron chi connectivity index (χ0n) is 9.69. The van der Waals surface area contributed by atoms with Crippen LogP contribution in [0.3, 0.4) is 0 Å². The van der Waals surface area contributed by atoms with Crippen molar-refractivity contribution < 1.29 is 9.59 Å². The average Bonchev–Trinajstić information content (AvgIpc) is 2.25. The smallest absolute Gasteiger partial charge is 0.245 e. The summed E-state index contributed by atoms with van der Waals surface area (Å²) >= 11 is 0. The van der Waals surface area contributed by atoms with E-state index in [0.29, 0.717) is 6.54 Å². The molecule has 2 atom stereocenters. The highest BCUT2D eigenvalue weighted by molar-refractivity contribution is 5.95. The van der Waals surface area contributed by atoms with Crippen LogP contribution < -0.4 is 5.73 Å². The first-order valence-electron chi connectivity index (χ1n) is 5.93. The topological polar surface area (TPSA) is 66.6 Å².